The van der Waals surface area contributed by atoms with E-state index in [0.717, 1.165) is 13.1 Å². The number of nitrogens with two attached hydrogens (primary N) is 1. The molecule has 0 amide bonds. The predicted molar refractivity (Wildman–Crippen MR) is 74.3 cm³/mol. The molecule has 3 atom stereocenters. The lowest BCUT2D eigenvalue weighted by atomic mass is 10.0. The van der Waals surface area contributed by atoms with E-state index in [1.807, 2.05) is 12.4 Å². The second kappa shape index (κ2) is 5.78. The second-order valence-corrected chi connectivity index (χ2v) is 5.49. The van der Waals surface area contributed by atoms with Crippen molar-refractivity contribution in [1.82, 2.24) is 14.8 Å². The van der Waals surface area contributed by atoms with Crippen LogP contribution in [-0.2, 0) is 0 Å². The third kappa shape index (κ3) is 2.88. The lowest BCUT2D eigenvalue weighted by molar-refractivity contribution is 0.197. The molecule has 0 aromatic carbocycles. The van der Waals surface area contributed by atoms with E-state index in [1.165, 1.54) is 12.0 Å². The summed E-state index contributed by atoms with van der Waals surface area (Å²) in [4.78, 5) is 8.90. The molecule has 2 heterocycles. The van der Waals surface area contributed by atoms with Crippen molar-refractivity contribution in [3.8, 4) is 0 Å². The number of rotatable bonds is 4. The highest BCUT2D eigenvalue weighted by atomic mass is 15.3. The summed E-state index contributed by atoms with van der Waals surface area (Å²) in [5, 5.41) is 0. The molecule has 1 aliphatic heterocycles. The Morgan fingerprint density at radius 1 is 1.39 bits per heavy atom. The minimum atomic E-state index is 0.133. The zero-order valence-corrected chi connectivity index (χ0v) is 11.6. The van der Waals surface area contributed by atoms with Crippen LogP contribution in [0.25, 0.3) is 0 Å². The van der Waals surface area contributed by atoms with Gasteiger partial charge in [-0.3, -0.25) is 9.88 Å². The smallest absolute Gasteiger partial charge is 0.0498 e. The molecule has 100 valence electrons. The second-order valence-electron chi connectivity index (χ2n) is 5.49. The fraction of sp³-hybridized carbons (Fsp3) is 0.643. The molecule has 4 heteroatoms. The van der Waals surface area contributed by atoms with Gasteiger partial charge in [-0.1, -0.05) is 0 Å². The van der Waals surface area contributed by atoms with Crippen LogP contribution in [-0.4, -0.2) is 54.1 Å². The van der Waals surface area contributed by atoms with Crippen molar-refractivity contribution >= 4 is 0 Å². The fourth-order valence-corrected chi connectivity index (χ4v) is 2.85. The molecule has 1 aromatic rings. The zero-order valence-electron chi connectivity index (χ0n) is 11.6. The Labute approximate surface area is 110 Å². The van der Waals surface area contributed by atoms with E-state index in [-0.39, 0.29) is 6.04 Å². The normalized spacial score (nSPS) is 24.4. The highest BCUT2D eigenvalue weighted by Crippen LogP contribution is 2.28. The molecule has 4 nitrogen and oxygen atoms in total. The van der Waals surface area contributed by atoms with Gasteiger partial charge in [-0.15, -0.1) is 0 Å². The summed E-state index contributed by atoms with van der Waals surface area (Å²) in [7, 11) is 4.31. The SMILES string of the molecule is CC(N)C(c1ccncc1)N1CCC(N(C)C)C1. The molecule has 1 saturated heterocycles. The third-order valence-corrected chi connectivity index (χ3v) is 3.86. The van der Waals surface area contributed by atoms with Crippen molar-refractivity contribution in [1.29, 1.82) is 0 Å². The number of hydrogen-bond donors (Lipinski definition) is 1. The van der Waals surface area contributed by atoms with Gasteiger partial charge in [0.2, 0.25) is 0 Å². The summed E-state index contributed by atoms with van der Waals surface area (Å²) < 4.78 is 0. The number of nitrogens with zero attached hydrogens (tertiary/aromatic N) is 3. The number of likely N-dealkylation sites (N-methyl/N-ethyl adjacent to an activating group) is 1. The van der Waals surface area contributed by atoms with Crippen molar-refractivity contribution < 1.29 is 0 Å². The Bertz CT molecular complexity index is 363. The average Bonchev–Trinajstić information content (AvgIpc) is 2.79. The fourth-order valence-electron chi connectivity index (χ4n) is 2.85. The number of aromatic nitrogens is 1. The molecule has 0 aliphatic carbocycles. The Morgan fingerprint density at radius 3 is 2.56 bits per heavy atom. The van der Waals surface area contributed by atoms with E-state index in [0.29, 0.717) is 12.1 Å². The molecular weight excluding hydrogens is 224 g/mol. The van der Waals surface area contributed by atoms with Gasteiger partial charge in [0.25, 0.3) is 0 Å². The standard InChI is InChI=1S/C14H24N4/c1-11(15)14(12-4-7-16-8-5-12)18-9-6-13(10-18)17(2)3/h4-5,7-8,11,13-14H,6,9-10,15H2,1-3H3. The Morgan fingerprint density at radius 2 is 2.06 bits per heavy atom. The van der Waals surface area contributed by atoms with Gasteiger partial charge < -0.3 is 10.6 Å². The van der Waals surface area contributed by atoms with Gasteiger partial charge >= 0.3 is 0 Å². The Kier molecular flexibility index (Phi) is 4.32. The van der Waals surface area contributed by atoms with Gasteiger partial charge in [-0.05, 0) is 45.1 Å². The first-order valence-corrected chi connectivity index (χ1v) is 6.65. The first-order chi connectivity index (χ1) is 8.59. The monoisotopic (exact) mass is 248 g/mol. The van der Waals surface area contributed by atoms with Crippen LogP contribution in [0, 0.1) is 0 Å². The van der Waals surface area contributed by atoms with Gasteiger partial charge in [0.05, 0.1) is 0 Å². The van der Waals surface area contributed by atoms with Crippen LogP contribution in [0.4, 0.5) is 0 Å². The van der Waals surface area contributed by atoms with Crippen LogP contribution in [0.1, 0.15) is 24.9 Å². The van der Waals surface area contributed by atoms with Crippen molar-refractivity contribution in [2.75, 3.05) is 27.2 Å². The van der Waals surface area contributed by atoms with E-state index in [9.17, 15) is 0 Å². The summed E-state index contributed by atoms with van der Waals surface area (Å²) in [5.41, 5.74) is 7.47. The molecule has 1 fully saturated rings. The first kappa shape index (κ1) is 13.5. The molecule has 2 N–H and O–H groups in total. The Hall–Kier alpha value is -0.970. The maximum Gasteiger partial charge on any atom is 0.0498 e. The van der Waals surface area contributed by atoms with Crippen molar-refractivity contribution in [2.24, 2.45) is 5.73 Å². The minimum absolute atomic E-state index is 0.133. The van der Waals surface area contributed by atoms with Crippen molar-refractivity contribution in [3.05, 3.63) is 30.1 Å². The lowest BCUT2D eigenvalue weighted by Crippen LogP contribution is -2.40. The molecule has 0 bridgehead atoms. The maximum absolute atomic E-state index is 6.19. The van der Waals surface area contributed by atoms with Gasteiger partial charge in [0, 0.05) is 43.6 Å². The van der Waals surface area contributed by atoms with Crippen LogP contribution in [0.15, 0.2) is 24.5 Å². The lowest BCUT2D eigenvalue weighted by Gasteiger charge is -2.31. The van der Waals surface area contributed by atoms with Crippen LogP contribution >= 0.6 is 0 Å². The largest absolute Gasteiger partial charge is 0.326 e. The molecular formula is C14H24N4. The molecule has 0 saturated carbocycles. The average molecular weight is 248 g/mol. The summed E-state index contributed by atoms with van der Waals surface area (Å²) >= 11 is 0. The maximum atomic E-state index is 6.19. The van der Waals surface area contributed by atoms with Gasteiger partial charge in [-0.2, -0.15) is 0 Å². The number of pyridine rings is 1. The van der Waals surface area contributed by atoms with Crippen molar-refractivity contribution in [2.45, 2.75) is 31.5 Å². The molecule has 0 radical (unpaired) electrons. The van der Waals surface area contributed by atoms with Gasteiger partial charge in [-0.25, -0.2) is 0 Å². The van der Waals surface area contributed by atoms with Gasteiger partial charge in [0.15, 0.2) is 0 Å². The topological polar surface area (TPSA) is 45.4 Å². The zero-order chi connectivity index (χ0) is 13.1. The van der Waals surface area contributed by atoms with E-state index in [4.69, 9.17) is 5.73 Å². The number of likely N-dealkylation sites (tertiary alicyclic amines) is 1. The van der Waals surface area contributed by atoms with E-state index in [1.54, 1.807) is 0 Å². The predicted octanol–water partition coefficient (Wildman–Crippen LogP) is 1.11. The Balaban J connectivity index is 2.13. The van der Waals surface area contributed by atoms with Crippen LogP contribution < -0.4 is 5.73 Å². The highest BCUT2D eigenvalue weighted by Gasteiger charge is 2.31. The summed E-state index contributed by atoms with van der Waals surface area (Å²) in [6.07, 6.45) is 4.93. The van der Waals surface area contributed by atoms with E-state index >= 15 is 0 Å². The molecule has 0 spiro atoms. The molecule has 1 aromatic heterocycles. The first-order valence-electron chi connectivity index (χ1n) is 6.65. The van der Waals surface area contributed by atoms with Gasteiger partial charge in [0.1, 0.15) is 0 Å². The minimum Gasteiger partial charge on any atom is -0.326 e. The summed E-state index contributed by atoms with van der Waals surface area (Å²) in [6, 6.07) is 5.24. The summed E-state index contributed by atoms with van der Waals surface area (Å²) in [6.45, 7) is 4.31. The summed E-state index contributed by atoms with van der Waals surface area (Å²) in [5.74, 6) is 0. The quantitative estimate of drug-likeness (QED) is 0.867. The number of hydrogen-bond acceptors (Lipinski definition) is 4. The molecule has 18 heavy (non-hydrogen) atoms. The highest BCUT2D eigenvalue weighted by molar-refractivity contribution is 5.17. The van der Waals surface area contributed by atoms with E-state index < -0.39 is 0 Å². The molecule has 2 rings (SSSR count). The van der Waals surface area contributed by atoms with E-state index in [2.05, 4.69) is 47.9 Å². The van der Waals surface area contributed by atoms with Crippen LogP contribution in [0.3, 0.4) is 0 Å². The van der Waals surface area contributed by atoms with Crippen LogP contribution in [0.2, 0.25) is 0 Å². The molecule has 3 unspecified atom stereocenters. The van der Waals surface area contributed by atoms with Crippen molar-refractivity contribution in [3.63, 3.8) is 0 Å². The third-order valence-electron chi connectivity index (χ3n) is 3.86. The van der Waals surface area contributed by atoms with Crippen LogP contribution in [0.5, 0.6) is 0 Å². The molecule has 1 aliphatic rings.